The Balaban J connectivity index is 2.76. The van der Waals surface area contributed by atoms with Crippen molar-refractivity contribution in [1.29, 1.82) is 0 Å². The van der Waals surface area contributed by atoms with Crippen molar-refractivity contribution < 1.29 is 14.7 Å². The first-order valence-electron chi connectivity index (χ1n) is 5.11. The van der Waals surface area contributed by atoms with Crippen molar-refractivity contribution in [3.8, 4) is 0 Å². The van der Waals surface area contributed by atoms with Gasteiger partial charge < -0.3 is 10.8 Å². The summed E-state index contributed by atoms with van der Waals surface area (Å²) >= 11 is 1.23. The van der Waals surface area contributed by atoms with Gasteiger partial charge in [-0.15, -0.1) is 11.3 Å². The molecular weight excluding hydrogens is 240 g/mol. The highest BCUT2D eigenvalue weighted by Crippen LogP contribution is 2.22. The van der Waals surface area contributed by atoms with Crippen molar-refractivity contribution >= 4 is 23.2 Å². The van der Waals surface area contributed by atoms with Crippen molar-refractivity contribution in [3.63, 3.8) is 0 Å². The highest BCUT2D eigenvalue weighted by molar-refractivity contribution is 7.14. The van der Waals surface area contributed by atoms with Gasteiger partial charge in [0.15, 0.2) is 0 Å². The summed E-state index contributed by atoms with van der Waals surface area (Å²) in [5.74, 6) is -1.37. The van der Waals surface area contributed by atoms with Crippen LogP contribution in [0.5, 0.6) is 0 Å². The lowest BCUT2D eigenvalue weighted by Crippen LogP contribution is -2.50. The van der Waals surface area contributed by atoms with Gasteiger partial charge in [0.2, 0.25) is 5.91 Å². The van der Waals surface area contributed by atoms with Crippen molar-refractivity contribution in [2.45, 2.75) is 32.9 Å². The lowest BCUT2D eigenvalue weighted by atomic mass is 10.0. The lowest BCUT2D eigenvalue weighted by Gasteiger charge is -2.22. The Kier molecular flexibility index (Phi) is 3.90. The summed E-state index contributed by atoms with van der Waals surface area (Å²) in [6.45, 7) is 5.65. The summed E-state index contributed by atoms with van der Waals surface area (Å²) in [7, 11) is 0. The molecule has 0 bridgehead atoms. The Morgan fingerprint density at radius 3 is 2.53 bits per heavy atom. The number of carbonyl (C=O) groups excluding carboxylic acids is 1. The maximum atomic E-state index is 11.1. The molecular formula is C11H16N2O3S. The van der Waals surface area contributed by atoms with E-state index in [1.165, 1.54) is 11.3 Å². The van der Waals surface area contributed by atoms with Gasteiger partial charge in [0, 0.05) is 11.4 Å². The van der Waals surface area contributed by atoms with Gasteiger partial charge in [0.25, 0.3) is 0 Å². The van der Waals surface area contributed by atoms with E-state index >= 15 is 0 Å². The molecule has 0 radical (unpaired) electrons. The molecule has 1 amide bonds. The van der Waals surface area contributed by atoms with E-state index in [1.807, 2.05) is 6.92 Å². The average Bonchev–Trinajstić information content (AvgIpc) is 2.57. The summed E-state index contributed by atoms with van der Waals surface area (Å²) < 4.78 is 0. The number of carboxylic acids is 1. The predicted molar refractivity (Wildman–Crippen MR) is 66.1 cm³/mol. The Labute approximate surface area is 104 Å². The number of rotatable bonds is 5. The molecule has 0 saturated heterocycles. The average molecular weight is 256 g/mol. The van der Waals surface area contributed by atoms with Crippen LogP contribution in [0.3, 0.4) is 0 Å². The molecule has 1 heterocycles. The fraction of sp³-hybridized carbons (Fsp3) is 0.455. The van der Waals surface area contributed by atoms with E-state index in [-0.39, 0.29) is 0 Å². The summed E-state index contributed by atoms with van der Waals surface area (Å²) in [5.41, 5.74) is 5.30. The van der Waals surface area contributed by atoms with Gasteiger partial charge in [-0.2, -0.15) is 0 Å². The van der Waals surface area contributed by atoms with E-state index in [2.05, 4.69) is 5.32 Å². The summed E-state index contributed by atoms with van der Waals surface area (Å²) in [4.78, 5) is 23.1. The van der Waals surface area contributed by atoms with E-state index < -0.39 is 17.4 Å². The maximum Gasteiger partial charge on any atom is 0.345 e. The van der Waals surface area contributed by atoms with Gasteiger partial charge in [0.1, 0.15) is 4.88 Å². The minimum Gasteiger partial charge on any atom is -0.477 e. The first kappa shape index (κ1) is 13.7. The first-order chi connectivity index (χ1) is 7.74. The second-order valence-corrected chi connectivity index (χ2v) is 5.60. The first-order valence-corrected chi connectivity index (χ1v) is 5.93. The van der Waals surface area contributed by atoms with E-state index in [0.717, 1.165) is 10.4 Å². The molecule has 17 heavy (non-hydrogen) atoms. The van der Waals surface area contributed by atoms with Crippen LogP contribution < -0.4 is 11.1 Å². The standard InChI is InChI=1S/C11H16N2O3S/c1-6-7(4-8(17-6)9(14)15)5-13-11(2,3)10(12)16/h4,13H,5H2,1-3H3,(H2,12,16)(H,14,15). The Morgan fingerprint density at radius 2 is 2.12 bits per heavy atom. The number of aromatic carboxylic acids is 1. The second-order valence-electron chi connectivity index (χ2n) is 4.34. The fourth-order valence-electron chi connectivity index (χ4n) is 1.20. The molecule has 0 saturated carbocycles. The molecule has 5 nitrogen and oxygen atoms in total. The monoisotopic (exact) mass is 256 g/mol. The van der Waals surface area contributed by atoms with Crippen LogP contribution in [0.2, 0.25) is 0 Å². The molecule has 0 aliphatic heterocycles. The van der Waals surface area contributed by atoms with Gasteiger partial charge in [-0.25, -0.2) is 4.79 Å². The zero-order valence-corrected chi connectivity index (χ0v) is 10.9. The van der Waals surface area contributed by atoms with E-state index in [4.69, 9.17) is 10.8 Å². The van der Waals surface area contributed by atoms with E-state index in [0.29, 0.717) is 11.4 Å². The molecule has 1 aromatic heterocycles. The topological polar surface area (TPSA) is 92.4 Å². The van der Waals surface area contributed by atoms with Crippen molar-refractivity contribution in [3.05, 3.63) is 21.4 Å². The molecule has 94 valence electrons. The smallest absolute Gasteiger partial charge is 0.345 e. The number of aryl methyl sites for hydroxylation is 1. The predicted octanol–water partition coefficient (Wildman–Crippen LogP) is 1.11. The third kappa shape index (κ3) is 3.28. The maximum absolute atomic E-state index is 11.1. The quantitative estimate of drug-likeness (QED) is 0.735. The zero-order valence-electron chi connectivity index (χ0n) is 10.0. The van der Waals surface area contributed by atoms with Crippen LogP contribution in [-0.4, -0.2) is 22.5 Å². The van der Waals surface area contributed by atoms with Gasteiger partial charge in [-0.3, -0.25) is 10.1 Å². The molecule has 0 unspecified atom stereocenters. The van der Waals surface area contributed by atoms with Crippen LogP contribution in [0.4, 0.5) is 0 Å². The molecule has 0 aliphatic rings. The van der Waals surface area contributed by atoms with Crippen LogP contribution in [0.15, 0.2) is 6.07 Å². The number of carbonyl (C=O) groups is 2. The third-order valence-electron chi connectivity index (χ3n) is 2.57. The summed E-state index contributed by atoms with van der Waals surface area (Å²) in [6, 6.07) is 1.62. The van der Waals surface area contributed by atoms with E-state index in [1.54, 1.807) is 19.9 Å². The third-order valence-corrected chi connectivity index (χ3v) is 3.65. The Bertz CT molecular complexity index is 452. The lowest BCUT2D eigenvalue weighted by molar-refractivity contribution is -0.123. The molecule has 4 N–H and O–H groups in total. The highest BCUT2D eigenvalue weighted by atomic mass is 32.1. The molecule has 0 spiro atoms. The number of amides is 1. The zero-order chi connectivity index (χ0) is 13.2. The fourth-order valence-corrected chi connectivity index (χ4v) is 2.08. The molecule has 0 aliphatic carbocycles. The molecule has 1 rings (SSSR count). The van der Waals surface area contributed by atoms with Gasteiger partial charge in [-0.05, 0) is 32.4 Å². The number of carboxylic acid groups (broad SMARTS) is 1. The molecule has 0 aromatic carbocycles. The minimum absolute atomic E-state index is 0.302. The summed E-state index contributed by atoms with van der Waals surface area (Å²) in [5, 5.41) is 11.9. The van der Waals surface area contributed by atoms with Crippen LogP contribution in [0, 0.1) is 6.92 Å². The molecule has 6 heteroatoms. The molecule has 0 fully saturated rings. The second kappa shape index (κ2) is 4.85. The van der Waals surface area contributed by atoms with Crippen LogP contribution >= 0.6 is 11.3 Å². The Hall–Kier alpha value is -1.40. The van der Waals surface area contributed by atoms with Crippen LogP contribution in [0.25, 0.3) is 0 Å². The van der Waals surface area contributed by atoms with Gasteiger partial charge in [0.05, 0.1) is 5.54 Å². The number of hydrogen-bond acceptors (Lipinski definition) is 4. The summed E-state index contributed by atoms with van der Waals surface area (Å²) in [6.07, 6.45) is 0. The highest BCUT2D eigenvalue weighted by Gasteiger charge is 2.24. The molecule has 1 aromatic rings. The SMILES string of the molecule is Cc1sc(C(=O)O)cc1CNC(C)(C)C(N)=O. The van der Waals surface area contributed by atoms with Crippen LogP contribution in [-0.2, 0) is 11.3 Å². The normalized spacial score (nSPS) is 11.5. The van der Waals surface area contributed by atoms with E-state index in [9.17, 15) is 9.59 Å². The number of nitrogens with one attached hydrogen (secondary N) is 1. The van der Waals surface area contributed by atoms with Gasteiger partial charge in [-0.1, -0.05) is 0 Å². The van der Waals surface area contributed by atoms with Crippen molar-refractivity contribution in [2.24, 2.45) is 5.73 Å². The number of hydrogen-bond donors (Lipinski definition) is 3. The number of thiophene rings is 1. The van der Waals surface area contributed by atoms with Crippen molar-refractivity contribution in [2.75, 3.05) is 0 Å². The van der Waals surface area contributed by atoms with Crippen molar-refractivity contribution in [1.82, 2.24) is 5.32 Å². The van der Waals surface area contributed by atoms with Crippen LogP contribution in [0.1, 0.15) is 34.0 Å². The minimum atomic E-state index is -0.932. The number of primary amides is 1. The van der Waals surface area contributed by atoms with Gasteiger partial charge >= 0.3 is 5.97 Å². The molecule has 0 atom stereocenters. The largest absolute Gasteiger partial charge is 0.477 e. The Morgan fingerprint density at radius 1 is 1.53 bits per heavy atom. The number of nitrogens with two attached hydrogens (primary N) is 1.